The highest BCUT2D eigenvalue weighted by atomic mass is 35.5. The van der Waals surface area contributed by atoms with Crippen molar-refractivity contribution in [3.05, 3.63) is 58.6 Å². The smallest absolute Gasteiger partial charge is 0.256 e. The van der Waals surface area contributed by atoms with Gasteiger partial charge in [0.25, 0.3) is 5.91 Å². The Labute approximate surface area is 159 Å². The highest BCUT2D eigenvalue weighted by molar-refractivity contribution is 6.33. The van der Waals surface area contributed by atoms with Crippen molar-refractivity contribution >= 4 is 41.0 Å². The first-order valence-corrected chi connectivity index (χ1v) is 8.18. The number of carbonyl (C=O) groups excluding carboxylic acids is 1. The second-order valence-electron chi connectivity index (χ2n) is 5.45. The van der Waals surface area contributed by atoms with Crippen LogP contribution >= 0.6 is 11.6 Å². The van der Waals surface area contributed by atoms with Crippen molar-refractivity contribution in [2.24, 2.45) is 10.7 Å². The molecule has 9 heteroatoms. The van der Waals surface area contributed by atoms with Crippen LogP contribution in [0.4, 0.5) is 17.3 Å². The number of H-pyrrole nitrogens is 1. The third-order valence-electron chi connectivity index (χ3n) is 3.69. The molecular weight excluding hydrogens is 370 g/mol. The van der Waals surface area contributed by atoms with Crippen LogP contribution in [0.5, 0.6) is 11.5 Å². The lowest BCUT2D eigenvalue weighted by molar-refractivity contribution is 0.100. The van der Waals surface area contributed by atoms with E-state index >= 15 is 0 Å². The zero-order valence-corrected chi connectivity index (χ0v) is 15.0. The number of hydrogen-bond acceptors (Lipinski definition) is 6. The Balaban J connectivity index is 1.92. The fourth-order valence-electron chi connectivity index (χ4n) is 2.34. The predicted molar refractivity (Wildman–Crippen MR) is 104 cm³/mol. The summed E-state index contributed by atoms with van der Waals surface area (Å²) < 4.78 is 5.03. The molecule has 0 aliphatic carbocycles. The average molecular weight is 386 g/mol. The van der Waals surface area contributed by atoms with E-state index in [1.165, 1.54) is 19.4 Å². The predicted octanol–water partition coefficient (Wildman–Crippen LogP) is 3.37. The number of aromatic hydroxyl groups is 1. The molecule has 0 unspecified atom stereocenters. The number of primary amides is 1. The fourth-order valence-corrected chi connectivity index (χ4v) is 2.52. The summed E-state index contributed by atoms with van der Waals surface area (Å²) in [5.41, 5.74) is 6.55. The summed E-state index contributed by atoms with van der Waals surface area (Å²) in [7, 11) is 1.50. The van der Waals surface area contributed by atoms with E-state index in [2.05, 4.69) is 20.5 Å². The van der Waals surface area contributed by atoms with Crippen molar-refractivity contribution in [1.82, 2.24) is 10.2 Å². The molecular formula is C18H16ClN5O3. The molecule has 0 fully saturated rings. The normalized spacial score (nSPS) is 10.9. The van der Waals surface area contributed by atoms with E-state index in [9.17, 15) is 9.90 Å². The third-order valence-corrected chi connectivity index (χ3v) is 4.02. The molecule has 0 aliphatic rings. The number of methoxy groups -OCH3 is 1. The van der Waals surface area contributed by atoms with Crippen molar-refractivity contribution in [3.8, 4) is 11.5 Å². The summed E-state index contributed by atoms with van der Waals surface area (Å²) in [5.74, 6) is 0.107. The number of anilines is 2. The maximum atomic E-state index is 11.9. The Morgan fingerprint density at radius 2 is 2.15 bits per heavy atom. The number of carbonyl (C=O) groups is 1. The lowest BCUT2D eigenvalue weighted by Gasteiger charge is -2.07. The topological polar surface area (TPSA) is 126 Å². The first kappa shape index (κ1) is 18.3. The molecule has 5 N–H and O–H groups in total. The number of nitrogens with zero attached hydrogens (tertiary/aromatic N) is 2. The Morgan fingerprint density at radius 3 is 2.81 bits per heavy atom. The van der Waals surface area contributed by atoms with E-state index in [0.29, 0.717) is 22.0 Å². The zero-order valence-electron chi connectivity index (χ0n) is 14.2. The monoisotopic (exact) mass is 385 g/mol. The van der Waals surface area contributed by atoms with Crippen LogP contribution < -0.4 is 15.8 Å². The van der Waals surface area contributed by atoms with E-state index in [1.54, 1.807) is 36.4 Å². The summed E-state index contributed by atoms with van der Waals surface area (Å²) in [6.45, 7) is 0. The van der Waals surface area contributed by atoms with E-state index < -0.39 is 5.91 Å². The number of phenolic OH excluding ortho intramolecular Hbond substituents is 1. The van der Waals surface area contributed by atoms with Gasteiger partial charge in [0, 0.05) is 17.8 Å². The summed E-state index contributed by atoms with van der Waals surface area (Å²) in [4.78, 5) is 16.0. The highest BCUT2D eigenvalue weighted by Gasteiger charge is 2.18. The van der Waals surface area contributed by atoms with Gasteiger partial charge >= 0.3 is 0 Å². The Bertz CT molecular complexity index is 1020. The number of hydrogen-bond donors (Lipinski definition) is 4. The SMILES string of the molecule is COc1ccc(C=Nc2n[nH]c(Nc3ccccc3Cl)c2C(N)=O)c(O)c1. The molecule has 3 rings (SSSR count). The molecule has 27 heavy (non-hydrogen) atoms. The Morgan fingerprint density at radius 1 is 1.37 bits per heavy atom. The number of aromatic nitrogens is 2. The van der Waals surface area contributed by atoms with Crippen LogP contribution in [0.25, 0.3) is 0 Å². The number of aliphatic imine (C=N–C) groups is 1. The number of benzene rings is 2. The van der Waals surface area contributed by atoms with Gasteiger partial charge < -0.3 is 20.9 Å². The molecule has 0 radical (unpaired) electrons. The van der Waals surface area contributed by atoms with E-state index in [1.807, 2.05) is 0 Å². The second kappa shape index (κ2) is 7.79. The average Bonchev–Trinajstić information content (AvgIpc) is 3.05. The van der Waals surface area contributed by atoms with Crippen molar-refractivity contribution < 1.29 is 14.6 Å². The van der Waals surface area contributed by atoms with Crippen LogP contribution in [0.15, 0.2) is 47.5 Å². The summed E-state index contributed by atoms with van der Waals surface area (Å²) in [6.07, 6.45) is 1.37. The van der Waals surface area contributed by atoms with Gasteiger partial charge in [0.05, 0.1) is 17.8 Å². The molecule has 0 atom stereocenters. The lowest BCUT2D eigenvalue weighted by Crippen LogP contribution is -2.12. The fraction of sp³-hybridized carbons (Fsp3) is 0.0556. The largest absolute Gasteiger partial charge is 0.507 e. The van der Waals surface area contributed by atoms with E-state index in [4.69, 9.17) is 22.1 Å². The van der Waals surface area contributed by atoms with Crippen molar-refractivity contribution in [1.29, 1.82) is 0 Å². The first-order valence-electron chi connectivity index (χ1n) is 7.80. The number of nitrogens with two attached hydrogens (primary N) is 1. The van der Waals surface area contributed by atoms with Crippen LogP contribution in [0.2, 0.25) is 5.02 Å². The Kier molecular flexibility index (Phi) is 5.28. The molecule has 138 valence electrons. The molecule has 1 amide bonds. The van der Waals surface area contributed by atoms with E-state index in [-0.39, 0.29) is 22.9 Å². The molecule has 2 aromatic carbocycles. The number of amides is 1. The highest BCUT2D eigenvalue weighted by Crippen LogP contribution is 2.30. The number of aromatic amines is 1. The van der Waals surface area contributed by atoms with Crippen LogP contribution in [-0.4, -0.2) is 34.5 Å². The van der Waals surface area contributed by atoms with Crippen molar-refractivity contribution in [3.63, 3.8) is 0 Å². The number of rotatable bonds is 6. The minimum atomic E-state index is -0.718. The van der Waals surface area contributed by atoms with Crippen molar-refractivity contribution in [2.75, 3.05) is 12.4 Å². The lowest BCUT2D eigenvalue weighted by atomic mass is 10.2. The maximum absolute atomic E-state index is 11.9. The van der Waals surface area contributed by atoms with Crippen LogP contribution in [0.3, 0.4) is 0 Å². The molecule has 0 spiro atoms. The molecule has 0 aliphatic heterocycles. The molecule has 0 saturated carbocycles. The molecule has 8 nitrogen and oxygen atoms in total. The minimum absolute atomic E-state index is 0.0244. The van der Waals surface area contributed by atoms with Gasteiger partial charge in [-0.3, -0.25) is 9.89 Å². The van der Waals surface area contributed by atoms with Gasteiger partial charge in [-0.05, 0) is 24.3 Å². The van der Waals surface area contributed by atoms with Gasteiger partial charge in [0.15, 0.2) is 5.82 Å². The summed E-state index contributed by atoms with van der Waals surface area (Å²) in [6, 6.07) is 11.8. The van der Waals surface area contributed by atoms with Crippen LogP contribution in [-0.2, 0) is 0 Å². The van der Waals surface area contributed by atoms with Gasteiger partial charge in [-0.15, -0.1) is 0 Å². The van der Waals surface area contributed by atoms with Gasteiger partial charge in [-0.1, -0.05) is 23.7 Å². The van der Waals surface area contributed by atoms with Crippen LogP contribution in [0, 0.1) is 0 Å². The second-order valence-corrected chi connectivity index (χ2v) is 5.86. The first-order chi connectivity index (χ1) is 13.0. The Hall–Kier alpha value is -3.52. The standard InChI is InChI=1S/C18H16ClN5O3/c1-27-11-7-6-10(14(25)8-11)9-21-17-15(16(20)26)18(24-23-17)22-13-5-3-2-4-12(13)19/h2-9,25H,1H3,(H2,20,26)(H2,22,23,24). The quantitative estimate of drug-likeness (QED) is 0.484. The molecule has 0 bridgehead atoms. The molecule has 0 saturated heterocycles. The summed E-state index contributed by atoms with van der Waals surface area (Å²) in [5, 5.41) is 20.1. The zero-order chi connectivity index (χ0) is 19.4. The third kappa shape index (κ3) is 4.01. The number of para-hydroxylation sites is 1. The minimum Gasteiger partial charge on any atom is -0.507 e. The number of nitrogens with one attached hydrogen (secondary N) is 2. The van der Waals surface area contributed by atoms with E-state index in [0.717, 1.165) is 0 Å². The molecule has 1 heterocycles. The maximum Gasteiger partial charge on any atom is 0.256 e. The molecule has 3 aromatic rings. The summed E-state index contributed by atoms with van der Waals surface area (Å²) >= 11 is 6.12. The molecule has 1 aromatic heterocycles. The van der Waals surface area contributed by atoms with Gasteiger partial charge in [0.2, 0.25) is 0 Å². The number of halogens is 1. The number of phenols is 1. The number of ether oxygens (including phenoxy) is 1. The van der Waals surface area contributed by atoms with Crippen LogP contribution in [0.1, 0.15) is 15.9 Å². The van der Waals surface area contributed by atoms with Gasteiger partial charge in [0.1, 0.15) is 22.9 Å². The van der Waals surface area contributed by atoms with Gasteiger partial charge in [-0.25, -0.2) is 4.99 Å². The van der Waals surface area contributed by atoms with Gasteiger partial charge in [-0.2, -0.15) is 5.10 Å². The van der Waals surface area contributed by atoms with Crippen molar-refractivity contribution in [2.45, 2.75) is 0 Å².